The second-order valence-corrected chi connectivity index (χ2v) is 10.4. The maximum atomic E-state index is 13.5. The van der Waals surface area contributed by atoms with E-state index in [1.807, 2.05) is 30.3 Å². The van der Waals surface area contributed by atoms with Gasteiger partial charge in [0, 0.05) is 42.8 Å². The van der Waals surface area contributed by atoms with Crippen molar-refractivity contribution in [2.75, 3.05) is 38.5 Å². The summed E-state index contributed by atoms with van der Waals surface area (Å²) in [6.45, 7) is 5.25. The second kappa shape index (κ2) is 11.6. The van der Waals surface area contributed by atoms with Gasteiger partial charge in [-0.3, -0.25) is 4.90 Å². The molecule has 2 aromatic heterocycles. The van der Waals surface area contributed by atoms with Crippen LogP contribution in [0.3, 0.4) is 0 Å². The number of aromatic nitrogens is 2. The van der Waals surface area contributed by atoms with E-state index < -0.39 is 0 Å². The number of furan rings is 1. The van der Waals surface area contributed by atoms with Crippen LogP contribution in [0.1, 0.15) is 11.3 Å². The van der Waals surface area contributed by atoms with Crippen molar-refractivity contribution in [1.82, 2.24) is 19.8 Å². The third-order valence-electron chi connectivity index (χ3n) is 7.03. The maximum Gasteiger partial charge on any atom is 0.141 e. The summed E-state index contributed by atoms with van der Waals surface area (Å²) < 4.78 is 25.5. The molecule has 0 unspecified atom stereocenters. The number of ether oxygens (including phenoxy) is 1. The summed E-state index contributed by atoms with van der Waals surface area (Å²) in [6.07, 6.45) is 1.53. The Bertz CT molecular complexity index is 1630. The molecule has 1 aliphatic rings. The summed E-state index contributed by atoms with van der Waals surface area (Å²) in [5.41, 5.74) is 3.24. The molecule has 6 rings (SSSR count). The zero-order valence-electron chi connectivity index (χ0n) is 22.1. The molecule has 3 heterocycles. The Morgan fingerprint density at radius 1 is 0.975 bits per heavy atom. The van der Waals surface area contributed by atoms with Gasteiger partial charge in [0.2, 0.25) is 0 Å². The largest absolute Gasteiger partial charge is 0.487 e. The number of nitrogens with one attached hydrogen (secondary N) is 1. The zero-order valence-corrected chi connectivity index (χ0v) is 22.9. The fraction of sp³-hybridized carbons (Fsp3) is 0.226. The Labute approximate surface area is 237 Å². The van der Waals surface area contributed by atoms with Crippen molar-refractivity contribution < 1.29 is 13.5 Å². The first-order valence-corrected chi connectivity index (χ1v) is 13.6. The van der Waals surface area contributed by atoms with Crippen LogP contribution in [0, 0.1) is 5.82 Å². The van der Waals surface area contributed by atoms with E-state index in [0.29, 0.717) is 16.6 Å². The van der Waals surface area contributed by atoms with E-state index in [1.54, 1.807) is 24.3 Å². The molecular weight excluding hydrogens is 529 g/mol. The number of halogens is 2. The van der Waals surface area contributed by atoms with Gasteiger partial charge in [0.05, 0.1) is 17.1 Å². The molecule has 40 heavy (non-hydrogen) atoms. The van der Waals surface area contributed by atoms with Gasteiger partial charge in [0.15, 0.2) is 0 Å². The van der Waals surface area contributed by atoms with E-state index in [9.17, 15) is 4.39 Å². The average molecular weight is 558 g/mol. The van der Waals surface area contributed by atoms with Crippen LogP contribution in [-0.4, -0.2) is 53.0 Å². The first-order valence-electron chi connectivity index (χ1n) is 13.2. The normalized spacial score (nSPS) is 14.5. The number of anilines is 2. The molecular formula is C31H29ClFN5O2. The van der Waals surface area contributed by atoms with Gasteiger partial charge in [-0.25, -0.2) is 14.4 Å². The monoisotopic (exact) mass is 557 g/mol. The molecule has 1 saturated heterocycles. The van der Waals surface area contributed by atoms with E-state index in [0.717, 1.165) is 72.0 Å². The van der Waals surface area contributed by atoms with Crippen LogP contribution in [0.25, 0.3) is 22.2 Å². The first-order chi connectivity index (χ1) is 19.5. The summed E-state index contributed by atoms with van der Waals surface area (Å²) in [6, 6.07) is 21.8. The molecule has 0 radical (unpaired) electrons. The van der Waals surface area contributed by atoms with E-state index in [1.165, 1.54) is 18.5 Å². The summed E-state index contributed by atoms with van der Waals surface area (Å²) in [4.78, 5) is 13.7. The van der Waals surface area contributed by atoms with Crippen LogP contribution in [0.15, 0.2) is 83.5 Å². The van der Waals surface area contributed by atoms with Gasteiger partial charge in [-0.15, -0.1) is 0 Å². The number of piperazine rings is 1. The molecule has 7 nitrogen and oxygen atoms in total. The molecule has 5 aromatic rings. The Morgan fingerprint density at radius 3 is 2.67 bits per heavy atom. The minimum absolute atomic E-state index is 0.216. The molecule has 0 saturated carbocycles. The molecule has 1 fully saturated rings. The van der Waals surface area contributed by atoms with Gasteiger partial charge in [-0.05, 0) is 73.3 Å². The molecule has 1 N–H and O–H groups in total. The summed E-state index contributed by atoms with van der Waals surface area (Å²) in [5, 5.41) is 4.65. The van der Waals surface area contributed by atoms with Crippen molar-refractivity contribution in [1.29, 1.82) is 0 Å². The summed E-state index contributed by atoms with van der Waals surface area (Å²) in [7, 11) is 2.16. The molecule has 0 bridgehead atoms. The van der Waals surface area contributed by atoms with Crippen molar-refractivity contribution in [3.05, 3.63) is 101 Å². The fourth-order valence-corrected chi connectivity index (χ4v) is 5.01. The lowest BCUT2D eigenvalue weighted by atomic mass is 10.1. The molecule has 9 heteroatoms. The minimum atomic E-state index is -0.301. The number of fused-ring (bicyclic) bond motifs is 1. The SMILES string of the molecule is CN1CCN(Cc2ccc(-c3ccc4ncnc(Nc5ccc(OCc6cccc(F)c6)c(Cl)c5)c4c3)o2)CC1. The van der Waals surface area contributed by atoms with Gasteiger partial charge in [-0.2, -0.15) is 0 Å². The highest BCUT2D eigenvalue weighted by molar-refractivity contribution is 6.32. The number of rotatable bonds is 8. The van der Waals surface area contributed by atoms with Crippen molar-refractivity contribution in [2.45, 2.75) is 13.2 Å². The van der Waals surface area contributed by atoms with Crippen LogP contribution in [0.5, 0.6) is 5.75 Å². The number of hydrogen-bond donors (Lipinski definition) is 1. The maximum absolute atomic E-state index is 13.5. The van der Waals surface area contributed by atoms with E-state index in [4.69, 9.17) is 20.8 Å². The lowest BCUT2D eigenvalue weighted by molar-refractivity contribution is 0.140. The highest BCUT2D eigenvalue weighted by Gasteiger charge is 2.16. The van der Waals surface area contributed by atoms with E-state index in [2.05, 4.69) is 38.2 Å². The predicted octanol–water partition coefficient (Wildman–Crippen LogP) is 6.75. The Hall–Kier alpha value is -3.98. The van der Waals surface area contributed by atoms with Crippen LogP contribution < -0.4 is 10.1 Å². The molecule has 0 spiro atoms. The average Bonchev–Trinajstić information content (AvgIpc) is 3.42. The number of hydrogen-bond acceptors (Lipinski definition) is 7. The highest BCUT2D eigenvalue weighted by atomic mass is 35.5. The lowest BCUT2D eigenvalue weighted by Gasteiger charge is -2.31. The first kappa shape index (κ1) is 26.3. The summed E-state index contributed by atoms with van der Waals surface area (Å²) in [5.74, 6) is 2.63. The molecule has 0 aliphatic carbocycles. The number of nitrogens with zero attached hydrogens (tertiary/aromatic N) is 4. The van der Waals surface area contributed by atoms with Gasteiger partial charge in [0.25, 0.3) is 0 Å². The minimum Gasteiger partial charge on any atom is -0.487 e. The second-order valence-electron chi connectivity index (χ2n) is 9.99. The van der Waals surface area contributed by atoms with Gasteiger partial charge >= 0.3 is 0 Å². The van der Waals surface area contributed by atoms with Gasteiger partial charge in [0.1, 0.15) is 41.8 Å². The van der Waals surface area contributed by atoms with E-state index in [-0.39, 0.29) is 12.4 Å². The highest BCUT2D eigenvalue weighted by Crippen LogP contribution is 2.33. The van der Waals surface area contributed by atoms with Gasteiger partial charge in [-0.1, -0.05) is 23.7 Å². The van der Waals surface area contributed by atoms with Crippen molar-refractivity contribution in [2.24, 2.45) is 0 Å². The van der Waals surface area contributed by atoms with E-state index >= 15 is 0 Å². The molecule has 1 aliphatic heterocycles. The quantitative estimate of drug-likeness (QED) is 0.226. The van der Waals surface area contributed by atoms with Crippen LogP contribution in [0.4, 0.5) is 15.9 Å². The number of benzene rings is 3. The molecule has 0 atom stereocenters. The lowest BCUT2D eigenvalue weighted by Crippen LogP contribution is -2.43. The fourth-order valence-electron chi connectivity index (χ4n) is 4.77. The van der Waals surface area contributed by atoms with Crippen molar-refractivity contribution in [3.63, 3.8) is 0 Å². The molecule has 0 amide bonds. The van der Waals surface area contributed by atoms with Crippen molar-refractivity contribution >= 4 is 34.0 Å². The Morgan fingerprint density at radius 2 is 1.85 bits per heavy atom. The number of likely N-dealkylation sites (N-methyl/N-ethyl adjacent to an activating group) is 1. The smallest absolute Gasteiger partial charge is 0.141 e. The van der Waals surface area contributed by atoms with Gasteiger partial charge < -0.3 is 19.4 Å². The third kappa shape index (κ3) is 6.09. The standard InChI is InChI=1S/C31H29ClFN5O2/c1-37-11-13-38(14-12-37)18-25-7-10-29(40-25)22-5-8-28-26(16-22)31(35-20-34-28)36-24-6-9-30(27(32)17-24)39-19-21-3-2-4-23(33)15-21/h2-10,15-17,20H,11-14,18-19H2,1H3,(H,34,35,36). The molecule has 3 aromatic carbocycles. The van der Waals surface area contributed by atoms with Crippen LogP contribution >= 0.6 is 11.6 Å². The predicted molar refractivity (Wildman–Crippen MR) is 155 cm³/mol. The third-order valence-corrected chi connectivity index (χ3v) is 7.33. The Balaban J connectivity index is 1.18. The molecule has 204 valence electrons. The van der Waals surface area contributed by atoms with Crippen LogP contribution in [-0.2, 0) is 13.2 Å². The Kier molecular flexibility index (Phi) is 7.64. The van der Waals surface area contributed by atoms with Crippen LogP contribution in [0.2, 0.25) is 5.02 Å². The summed E-state index contributed by atoms with van der Waals surface area (Å²) >= 11 is 6.51. The zero-order chi connectivity index (χ0) is 27.5. The van der Waals surface area contributed by atoms with Crippen molar-refractivity contribution in [3.8, 4) is 17.1 Å². The topological polar surface area (TPSA) is 66.7 Å².